The molecular weight excluding hydrogens is 302 g/mol. The molecule has 1 N–H and O–H groups in total. The lowest BCUT2D eigenvalue weighted by atomic mass is 9.88. The number of ether oxygens (including phenoxy) is 1. The fraction of sp³-hybridized carbons (Fsp3) is 0.650. The summed E-state index contributed by atoms with van der Waals surface area (Å²) in [4.78, 5) is 13.5. The van der Waals surface area contributed by atoms with Gasteiger partial charge in [-0.2, -0.15) is 0 Å². The summed E-state index contributed by atoms with van der Waals surface area (Å²) < 4.78 is 5.40. The Morgan fingerprint density at radius 2 is 1.96 bits per heavy atom. The minimum absolute atomic E-state index is 0.198. The Hall–Kier alpha value is -1.71. The maximum absolute atomic E-state index is 11.2. The van der Waals surface area contributed by atoms with E-state index in [0.29, 0.717) is 18.3 Å². The van der Waals surface area contributed by atoms with Crippen LogP contribution in [0.15, 0.2) is 18.2 Å². The van der Waals surface area contributed by atoms with Crippen molar-refractivity contribution in [2.75, 3.05) is 25.1 Å². The molecule has 0 saturated carbocycles. The van der Waals surface area contributed by atoms with Crippen molar-refractivity contribution in [2.45, 2.75) is 52.9 Å². The molecule has 1 heterocycles. The molecule has 0 radical (unpaired) electrons. The number of nitrogens with zero attached hydrogens (tertiary/aromatic N) is 1. The van der Waals surface area contributed by atoms with Gasteiger partial charge in [0.1, 0.15) is 5.75 Å². The van der Waals surface area contributed by atoms with Crippen molar-refractivity contribution >= 4 is 11.7 Å². The van der Waals surface area contributed by atoms with Crippen LogP contribution in [-0.2, 0) is 11.2 Å². The van der Waals surface area contributed by atoms with Crippen LogP contribution >= 0.6 is 0 Å². The van der Waals surface area contributed by atoms with Crippen molar-refractivity contribution < 1.29 is 14.6 Å². The number of hydrogen-bond donors (Lipinski definition) is 1. The van der Waals surface area contributed by atoms with Crippen LogP contribution < -0.4 is 9.64 Å². The third-order valence-corrected chi connectivity index (χ3v) is 4.85. The highest BCUT2D eigenvalue weighted by molar-refractivity contribution is 5.70. The molecule has 1 aromatic carbocycles. The number of anilines is 1. The molecular formula is C20H31NO3. The van der Waals surface area contributed by atoms with E-state index in [2.05, 4.69) is 37.8 Å². The molecule has 0 bridgehead atoms. The molecule has 134 valence electrons. The van der Waals surface area contributed by atoms with Gasteiger partial charge in [0.15, 0.2) is 0 Å². The van der Waals surface area contributed by atoms with Gasteiger partial charge in [-0.1, -0.05) is 26.8 Å². The summed E-state index contributed by atoms with van der Waals surface area (Å²) in [6, 6.07) is 6.30. The molecule has 1 aliphatic rings. The molecule has 0 aliphatic carbocycles. The first kappa shape index (κ1) is 18.6. The first-order valence-electron chi connectivity index (χ1n) is 8.95. The van der Waals surface area contributed by atoms with Gasteiger partial charge < -0.3 is 14.7 Å². The summed E-state index contributed by atoms with van der Waals surface area (Å²) in [6.45, 7) is 8.43. The fourth-order valence-corrected chi connectivity index (χ4v) is 3.35. The number of carboxylic acid groups (broad SMARTS) is 1. The Morgan fingerprint density at radius 3 is 2.50 bits per heavy atom. The standard InChI is InChI=1S/C20H31NO3/c1-20(2,3)11-5-6-15-7-8-17(24-4)14-18(15)21-12-9-16(10-13-21)19(22)23/h7-8,14,16H,5-6,9-13H2,1-4H3,(H,22,23). The molecule has 24 heavy (non-hydrogen) atoms. The smallest absolute Gasteiger partial charge is 0.306 e. The maximum Gasteiger partial charge on any atom is 0.306 e. The summed E-state index contributed by atoms with van der Waals surface area (Å²) in [6.07, 6.45) is 4.84. The fourth-order valence-electron chi connectivity index (χ4n) is 3.35. The second-order valence-corrected chi connectivity index (χ2v) is 8.01. The lowest BCUT2D eigenvalue weighted by Crippen LogP contribution is -2.36. The zero-order valence-electron chi connectivity index (χ0n) is 15.5. The van der Waals surface area contributed by atoms with E-state index in [4.69, 9.17) is 4.74 Å². The number of benzene rings is 1. The van der Waals surface area contributed by atoms with Crippen LogP contribution in [-0.4, -0.2) is 31.3 Å². The number of rotatable bonds is 6. The van der Waals surface area contributed by atoms with E-state index < -0.39 is 5.97 Å². The maximum atomic E-state index is 11.2. The average molecular weight is 333 g/mol. The van der Waals surface area contributed by atoms with Gasteiger partial charge in [-0.3, -0.25) is 4.79 Å². The number of aliphatic carboxylic acids is 1. The van der Waals surface area contributed by atoms with Crippen LogP contribution in [0.1, 0.15) is 52.0 Å². The Balaban J connectivity index is 2.10. The second-order valence-electron chi connectivity index (χ2n) is 8.01. The molecule has 4 heteroatoms. The van der Waals surface area contributed by atoms with Crippen LogP contribution in [0, 0.1) is 11.3 Å². The predicted molar refractivity (Wildman–Crippen MR) is 98.0 cm³/mol. The molecule has 0 spiro atoms. The Labute approximate surface area is 145 Å². The minimum Gasteiger partial charge on any atom is -0.497 e. The van der Waals surface area contributed by atoms with E-state index in [9.17, 15) is 9.90 Å². The van der Waals surface area contributed by atoms with E-state index in [1.54, 1.807) is 7.11 Å². The predicted octanol–water partition coefficient (Wildman–Crippen LogP) is 4.37. The van der Waals surface area contributed by atoms with Crippen LogP contribution in [0.2, 0.25) is 0 Å². The molecule has 0 amide bonds. The molecule has 1 aliphatic heterocycles. The van der Waals surface area contributed by atoms with Gasteiger partial charge in [0.05, 0.1) is 13.0 Å². The van der Waals surface area contributed by atoms with Crippen LogP contribution in [0.25, 0.3) is 0 Å². The SMILES string of the molecule is COc1ccc(CCCC(C)(C)C)c(N2CCC(C(=O)O)CC2)c1. The molecule has 0 aromatic heterocycles. The van der Waals surface area contributed by atoms with Crippen molar-refractivity contribution in [3.8, 4) is 5.75 Å². The van der Waals surface area contributed by atoms with Gasteiger partial charge in [0.25, 0.3) is 0 Å². The lowest BCUT2D eigenvalue weighted by Gasteiger charge is -2.33. The van der Waals surface area contributed by atoms with Gasteiger partial charge in [-0.05, 0) is 49.1 Å². The quantitative estimate of drug-likeness (QED) is 0.840. The summed E-state index contributed by atoms with van der Waals surface area (Å²) in [5.74, 6) is 0.00632. The average Bonchev–Trinajstić information content (AvgIpc) is 2.54. The van der Waals surface area contributed by atoms with Crippen molar-refractivity contribution in [1.82, 2.24) is 0 Å². The number of methoxy groups -OCH3 is 1. The van der Waals surface area contributed by atoms with Gasteiger partial charge in [-0.25, -0.2) is 0 Å². The van der Waals surface area contributed by atoms with Crippen molar-refractivity contribution in [3.05, 3.63) is 23.8 Å². The largest absolute Gasteiger partial charge is 0.497 e. The molecule has 1 fully saturated rings. The van der Waals surface area contributed by atoms with Gasteiger partial charge in [-0.15, -0.1) is 0 Å². The zero-order chi connectivity index (χ0) is 17.7. The lowest BCUT2D eigenvalue weighted by molar-refractivity contribution is -0.142. The second kappa shape index (κ2) is 7.91. The zero-order valence-corrected chi connectivity index (χ0v) is 15.5. The van der Waals surface area contributed by atoms with Crippen LogP contribution in [0.4, 0.5) is 5.69 Å². The van der Waals surface area contributed by atoms with Crippen LogP contribution in [0.5, 0.6) is 5.75 Å². The Kier molecular flexibility index (Phi) is 6.14. The highest BCUT2D eigenvalue weighted by atomic mass is 16.5. The topological polar surface area (TPSA) is 49.8 Å². The Bertz CT molecular complexity index is 554. The highest BCUT2D eigenvalue weighted by Crippen LogP contribution is 2.32. The van der Waals surface area contributed by atoms with Crippen LogP contribution in [0.3, 0.4) is 0 Å². The van der Waals surface area contributed by atoms with E-state index in [1.165, 1.54) is 17.7 Å². The van der Waals surface area contributed by atoms with Crippen molar-refractivity contribution in [1.29, 1.82) is 0 Å². The highest BCUT2D eigenvalue weighted by Gasteiger charge is 2.25. The monoisotopic (exact) mass is 333 g/mol. The third kappa shape index (κ3) is 5.15. The van der Waals surface area contributed by atoms with Gasteiger partial charge in [0.2, 0.25) is 0 Å². The number of aryl methyl sites for hydroxylation is 1. The van der Waals surface area contributed by atoms with Gasteiger partial charge in [0, 0.05) is 24.8 Å². The summed E-state index contributed by atoms with van der Waals surface area (Å²) in [5, 5.41) is 9.19. The van der Waals surface area contributed by atoms with Crippen molar-refractivity contribution in [3.63, 3.8) is 0 Å². The molecule has 2 rings (SSSR count). The summed E-state index contributed by atoms with van der Waals surface area (Å²) in [7, 11) is 1.69. The molecule has 4 nitrogen and oxygen atoms in total. The molecule has 0 atom stereocenters. The Morgan fingerprint density at radius 1 is 1.29 bits per heavy atom. The third-order valence-electron chi connectivity index (χ3n) is 4.85. The summed E-state index contributed by atoms with van der Waals surface area (Å²) >= 11 is 0. The molecule has 1 aromatic rings. The molecule has 0 unspecified atom stereocenters. The minimum atomic E-state index is -0.661. The number of carbonyl (C=O) groups is 1. The van der Waals surface area contributed by atoms with Crippen molar-refractivity contribution in [2.24, 2.45) is 11.3 Å². The van der Waals surface area contributed by atoms with Gasteiger partial charge >= 0.3 is 5.97 Å². The first-order valence-corrected chi connectivity index (χ1v) is 8.95. The normalized spacial score (nSPS) is 16.2. The number of hydrogen-bond acceptors (Lipinski definition) is 3. The molecule has 1 saturated heterocycles. The number of piperidine rings is 1. The van der Waals surface area contributed by atoms with E-state index >= 15 is 0 Å². The number of carboxylic acids is 1. The van der Waals surface area contributed by atoms with E-state index in [-0.39, 0.29) is 5.92 Å². The first-order chi connectivity index (χ1) is 11.3. The van der Waals surface area contributed by atoms with E-state index in [1.807, 2.05) is 6.07 Å². The summed E-state index contributed by atoms with van der Waals surface area (Å²) in [5.41, 5.74) is 2.91. The van der Waals surface area contributed by atoms with E-state index in [0.717, 1.165) is 31.7 Å².